The maximum Gasteiger partial charge on any atom is 0.0471 e. The topological polar surface area (TPSA) is 58.3 Å². The van der Waals surface area contributed by atoms with Gasteiger partial charge in [0, 0.05) is 25.2 Å². The average molecular weight is 264 g/mol. The smallest absolute Gasteiger partial charge is 0.0471 e. The van der Waals surface area contributed by atoms with Gasteiger partial charge >= 0.3 is 0 Å². The van der Waals surface area contributed by atoms with Gasteiger partial charge in [0.05, 0.1) is 0 Å². The van der Waals surface area contributed by atoms with Gasteiger partial charge in [-0.3, -0.25) is 0 Å². The summed E-state index contributed by atoms with van der Waals surface area (Å²) in [6.07, 6.45) is 0. The second kappa shape index (κ2) is 7.04. The van der Waals surface area contributed by atoms with Crippen molar-refractivity contribution >= 4 is 0 Å². The summed E-state index contributed by atoms with van der Waals surface area (Å²) in [5.74, 6) is 0.222. The minimum Gasteiger partial charge on any atom is -0.396 e. The summed E-state index contributed by atoms with van der Waals surface area (Å²) < 4.78 is 0. The maximum atomic E-state index is 9.24. The van der Waals surface area contributed by atoms with Gasteiger partial charge in [0.1, 0.15) is 0 Å². The van der Waals surface area contributed by atoms with Crippen molar-refractivity contribution in [1.29, 1.82) is 0 Å². The lowest BCUT2D eigenvalue weighted by molar-refractivity contribution is 0.201. The summed E-state index contributed by atoms with van der Waals surface area (Å²) >= 11 is 0. The van der Waals surface area contributed by atoms with Gasteiger partial charge < -0.3 is 16.2 Å². The van der Waals surface area contributed by atoms with Crippen LogP contribution in [0.5, 0.6) is 0 Å². The highest BCUT2D eigenvalue weighted by Crippen LogP contribution is 2.24. The normalized spacial score (nSPS) is 16.2. The van der Waals surface area contributed by atoms with Crippen molar-refractivity contribution in [3.8, 4) is 0 Å². The second-order valence-corrected chi connectivity index (χ2v) is 5.72. The van der Waals surface area contributed by atoms with E-state index in [4.69, 9.17) is 5.73 Å². The predicted molar refractivity (Wildman–Crippen MR) is 81.3 cm³/mol. The van der Waals surface area contributed by atoms with Gasteiger partial charge in [-0.2, -0.15) is 0 Å². The highest BCUT2D eigenvalue weighted by Gasteiger charge is 2.19. The Bertz CT molecular complexity index is 394. The van der Waals surface area contributed by atoms with Crippen LogP contribution < -0.4 is 11.1 Å². The molecule has 0 amide bonds. The van der Waals surface area contributed by atoms with Crippen LogP contribution in [0.4, 0.5) is 0 Å². The zero-order valence-electron chi connectivity index (χ0n) is 12.8. The molecule has 0 spiro atoms. The molecule has 0 radical (unpaired) electrons. The minimum absolute atomic E-state index is 0.143. The van der Waals surface area contributed by atoms with Crippen LogP contribution in [0.3, 0.4) is 0 Å². The maximum absolute atomic E-state index is 9.24. The van der Waals surface area contributed by atoms with E-state index in [0.717, 1.165) is 0 Å². The summed E-state index contributed by atoms with van der Waals surface area (Å²) in [6.45, 7) is 11.3. The van der Waals surface area contributed by atoms with Gasteiger partial charge in [-0.1, -0.05) is 24.6 Å². The van der Waals surface area contributed by atoms with Crippen molar-refractivity contribution in [3.05, 3.63) is 34.4 Å². The number of aliphatic hydroxyl groups is 1. The third-order valence-electron chi connectivity index (χ3n) is 3.93. The number of aliphatic hydroxyl groups excluding tert-OH is 1. The van der Waals surface area contributed by atoms with Crippen molar-refractivity contribution in [2.45, 2.75) is 46.7 Å². The molecule has 1 aromatic carbocycles. The molecule has 0 aliphatic heterocycles. The fourth-order valence-corrected chi connectivity index (χ4v) is 2.65. The number of nitrogens with two attached hydrogens (primary N) is 1. The van der Waals surface area contributed by atoms with Crippen molar-refractivity contribution in [1.82, 2.24) is 5.32 Å². The Balaban J connectivity index is 2.98. The molecular formula is C16H28N2O. The Morgan fingerprint density at radius 3 is 2.11 bits per heavy atom. The summed E-state index contributed by atoms with van der Waals surface area (Å²) in [5.41, 5.74) is 11.1. The van der Waals surface area contributed by atoms with Gasteiger partial charge in [-0.25, -0.2) is 0 Å². The van der Waals surface area contributed by atoms with Crippen LogP contribution in [-0.2, 0) is 0 Å². The number of hydrogen-bond donors (Lipinski definition) is 3. The molecule has 3 unspecified atom stereocenters. The quantitative estimate of drug-likeness (QED) is 0.738. The molecule has 0 aliphatic rings. The van der Waals surface area contributed by atoms with Crippen LogP contribution in [0.25, 0.3) is 0 Å². The van der Waals surface area contributed by atoms with Gasteiger partial charge in [-0.05, 0) is 50.3 Å². The van der Waals surface area contributed by atoms with Crippen LogP contribution in [-0.4, -0.2) is 24.3 Å². The first-order chi connectivity index (χ1) is 8.90. The molecule has 1 aromatic rings. The molecule has 3 heteroatoms. The van der Waals surface area contributed by atoms with Crippen molar-refractivity contribution in [2.75, 3.05) is 13.2 Å². The third-order valence-corrected chi connectivity index (χ3v) is 3.93. The molecule has 0 heterocycles. The highest BCUT2D eigenvalue weighted by atomic mass is 16.3. The summed E-state index contributed by atoms with van der Waals surface area (Å²) in [6, 6.07) is 4.78. The van der Waals surface area contributed by atoms with E-state index < -0.39 is 0 Å². The highest BCUT2D eigenvalue weighted by molar-refractivity contribution is 5.39. The third kappa shape index (κ3) is 4.03. The number of aryl methyl sites for hydroxylation is 3. The van der Waals surface area contributed by atoms with Crippen LogP contribution in [0, 0.1) is 26.7 Å². The van der Waals surface area contributed by atoms with Crippen LogP contribution in [0.2, 0.25) is 0 Å². The van der Waals surface area contributed by atoms with Crippen LogP contribution in [0.15, 0.2) is 12.1 Å². The first-order valence-corrected chi connectivity index (χ1v) is 7.05. The molecule has 0 aromatic heterocycles. The molecule has 19 heavy (non-hydrogen) atoms. The first-order valence-electron chi connectivity index (χ1n) is 7.05. The van der Waals surface area contributed by atoms with Crippen molar-refractivity contribution in [2.24, 2.45) is 11.7 Å². The molecule has 3 nitrogen and oxygen atoms in total. The summed E-state index contributed by atoms with van der Waals surface area (Å²) in [4.78, 5) is 0. The molecule has 4 N–H and O–H groups in total. The molecule has 108 valence electrons. The SMILES string of the molecule is Cc1cc(C)c(C(CN)NC(C)C(C)CO)c(C)c1. The number of hydrogen-bond acceptors (Lipinski definition) is 3. The van der Waals surface area contributed by atoms with E-state index in [1.165, 1.54) is 22.3 Å². The van der Waals surface area contributed by atoms with Crippen molar-refractivity contribution in [3.63, 3.8) is 0 Å². The van der Waals surface area contributed by atoms with Gasteiger partial charge in [0.25, 0.3) is 0 Å². The van der Waals surface area contributed by atoms with Crippen molar-refractivity contribution < 1.29 is 5.11 Å². The second-order valence-electron chi connectivity index (χ2n) is 5.72. The van der Waals surface area contributed by atoms with Gasteiger partial charge in [-0.15, -0.1) is 0 Å². The lowest BCUT2D eigenvalue weighted by Gasteiger charge is -2.28. The van der Waals surface area contributed by atoms with Crippen LogP contribution in [0.1, 0.15) is 42.1 Å². The summed E-state index contributed by atoms with van der Waals surface area (Å²) in [5, 5.41) is 12.8. The van der Waals surface area contributed by atoms with E-state index in [2.05, 4.69) is 45.1 Å². The summed E-state index contributed by atoms with van der Waals surface area (Å²) in [7, 11) is 0. The number of benzene rings is 1. The fourth-order valence-electron chi connectivity index (χ4n) is 2.65. The van der Waals surface area contributed by atoms with E-state index in [1.807, 2.05) is 6.92 Å². The Labute approximate surface area is 117 Å². The molecule has 0 aliphatic carbocycles. The van der Waals surface area contributed by atoms with E-state index in [1.54, 1.807) is 0 Å². The van der Waals surface area contributed by atoms with Gasteiger partial charge in [0.2, 0.25) is 0 Å². The standard InChI is InChI=1S/C16H28N2O/c1-10-6-11(2)16(12(3)7-10)15(8-17)18-14(5)13(4)9-19/h6-7,13-15,18-19H,8-9,17H2,1-5H3. The monoisotopic (exact) mass is 264 g/mol. The Morgan fingerprint density at radius 1 is 1.16 bits per heavy atom. The lowest BCUT2D eigenvalue weighted by Crippen LogP contribution is -2.40. The average Bonchev–Trinajstić information content (AvgIpc) is 2.34. The Morgan fingerprint density at radius 2 is 1.68 bits per heavy atom. The molecule has 0 bridgehead atoms. The largest absolute Gasteiger partial charge is 0.396 e. The lowest BCUT2D eigenvalue weighted by atomic mass is 9.92. The molecule has 3 atom stereocenters. The van der Waals surface area contributed by atoms with E-state index in [-0.39, 0.29) is 24.6 Å². The number of rotatable bonds is 6. The predicted octanol–water partition coefficient (Wildman–Crippen LogP) is 2.22. The molecule has 0 saturated carbocycles. The van der Waals surface area contributed by atoms with E-state index in [0.29, 0.717) is 6.54 Å². The Kier molecular flexibility index (Phi) is 5.98. The molecule has 1 rings (SSSR count). The zero-order chi connectivity index (χ0) is 14.6. The van der Waals surface area contributed by atoms with E-state index in [9.17, 15) is 5.11 Å². The van der Waals surface area contributed by atoms with E-state index >= 15 is 0 Å². The first kappa shape index (κ1) is 16.2. The number of nitrogens with one attached hydrogen (secondary N) is 1. The zero-order valence-corrected chi connectivity index (χ0v) is 12.8. The fraction of sp³-hybridized carbons (Fsp3) is 0.625. The minimum atomic E-state index is 0.143. The molecule has 0 saturated heterocycles. The van der Waals surface area contributed by atoms with Crippen LogP contribution >= 0.6 is 0 Å². The Hall–Kier alpha value is -0.900. The molecule has 0 fully saturated rings. The molecular weight excluding hydrogens is 236 g/mol. The van der Waals surface area contributed by atoms with Gasteiger partial charge in [0.15, 0.2) is 0 Å².